The molecular formula is C30H34O6. The number of carbonyl (C=O) groups is 2. The first-order valence-corrected chi connectivity index (χ1v) is 12.4. The first kappa shape index (κ1) is 26.8. The molecule has 0 unspecified atom stereocenters. The second-order valence-electron chi connectivity index (χ2n) is 8.83. The van der Waals surface area contributed by atoms with Gasteiger partial charge in [-0.15, -0.1) is 0 Å². The van der Waals surface area contributed by atoms with Gasteiger partial charge >= 0.3 is 11.9 Å². The van der Waals surface area contributed by atoms with Crippen LogP contribution in [0.4, 0.5) is 0 Å². The molecule has 1 N–H and O–H groups in total. The van der Waals surface area contributed by atoms with Crippen molar-refractivity contribution in [1.29, 1.82) is 0 Å². The SMILES string of the molecule is C[C@@H](CCCCCC(=O)O)OC(=O)Cc1cc(OCc2ccccc2)cc(OCc2ccccc2)c1. The van der Waals surface area contributed by atoms with Crippen LogP contribution in [0.3, 0.4) is 0 Å². The lowest BCUT2D eigenvalue weighted by atomic mass is 10.1. The third-order valence-electron chi connectivity index (χ3n) is 5.62. The van der Waals surface area contributed by atoms with Crippen LogP contribution in [0.1, 0.15) is 55.7 Å². The molecule has 0 spiro atoms. The molecule has 0 amide bonds. The average molecular weight is 491 g/mol. The monoisotopic (exact) mass is 490 g/mol. The summed E-state index contributed by atoms with van der Waals surface area (Å²) in [5.74, 6) is 0.149. The molecule has 36 heavy (non-hydrogen) atoms. The molecule has 6 nitrogen and oxygen atoms in total. The second kappa shape index (κ2) is 14.6. The number of benzene rings is 3. The third-order valence-corrected chi connectivity index (χ3v) is 5.62. The molecule has 190 valence electrons. The zero-order valence-electron chi connectivity index (χ0n) is 20.7. The lowest BCUT2D eigenvalue weighted by Gasteiger charge is -2.15. The van der Waals surface area contributed by atoms with Crippen LogP contribution in [0.2, 0.25) is 0 Å². The molecule has 0 bridgehead atoms. The summed E-state index contributed by atoms with van der Waals surface area (Å²) in [6.45, 7) is 2.68. The Hall–Kier alpha value is -3.80. The lowest BCUT2D eigenvalue weighted by molar-refractivity contribution is -0.147. The van der Waals surface area contributed by atoms with E-state index in [0.29, 0.717) is 37.6 Å². The van der Waals surface area contributed by atoms with Gasteiger partial charge in [0.05, 0.1) is 12.5 Å². The second-order valence-corrected chi connectivity index (χ2v) is 8.83. The van der Waals surface area contributed by atoms with E-state index in [9.17, 15) is 9.59 Å². The van der Waals surface area contributed by atoms with E-state index >= 15 is 0 Å². The van der Waals surface area contributed by atoms with E-state index < -0.39 is 5.97 Å². The Labute approximate surface area is 212 Å². The molecule has 0 heterocycles. The maximum atomic E-state index is 12.6. The van der Waals surface area contributed by atoms with Crippen molar-refractivity contribution in [2.75, 3.05) is 0 Å². The molecule has 6 heteroatoms. The fourth-order valence-corrected chi connectivity index (χ4v) is 3.76. The Kier molecular flexibility index (Phi) is 10.8. The molecule has 3 aromatic carbocycles. The van der Waals surface area contributed by atoms with Crippen molar-refractivity contribution in [3.63, 3.8) is 0 Å². The molecule has 0 aromatic heterocycles. The van der Waals surface area contributed by atoms with Gasteiger partial charge in [-0.05, 0) is 55.0 Å². The van der Waals surface area contributed by atoms with Gasteiger partial charge in [-0.3, -0.25) is 9.59 Å². The lowest BCUT2D eigenvalue weighted by Crippen LogP contribution is -2.16. The van der Waals surface area contributed by atoms with Crippen molar-refractivity contribution in [2.24, 2.45) is 0 Å². The number of ether oxygens (including phenoxy) is 3. The van der Waals surface area contributed by atoms with Gasteiger partial charge in [0, 0.05) is 12.5 Å². The zero-order valence-corrected chi connectivity index (χ0v) is 20.7. The number of unbranched alkanes of at least 4 members (excludes halogenated alkanes) is 2. The fourth-order valence-electron chi connectivity index (χ4n) is 3.76. The van der Waals surface area contributed by atoms with Crippen LogP contribution >= 0.6 is 0 Å². The maximum Gasteiger partial charge on any atom is 0.310 e. The molecule has 3 rings (SSSR count). The van der Waals surface area contributed by atoms with Gasteiger partial charge in [-0.1, -0.05) is 67.1 Å². The smallest absolute Gasteiger partial charge is 0.310 e. The summed E-state index contributed by atoms with van der Waals surface area (Å²) >= 11 is 0. The van der Waals surface area contributed by atoms with E-state index in [4.69, 9.17) is 19.3 Å². The molecule has 0 fully saturated rings. The van der Waals surface area contributed by atoms with E-state index in [1.54, 1.807) is 0 Å². The van der Waals surface area contributed by atoms with Gasteiger partial charge in [0.2, 0.25) is 0 Å². The fraction of sp³-hybridized carbons (Fsp3) is 0.333. The molecule has 0 saturated carbocycles. The van der Waals surface area contributed by atoms with Crippen molar-refractivity contribution in [1.82, 2.24) is 0 Å². The van der Waals surface area contributed by atoms with Crippen molar-refractivity contribution in [2.45, 2.75) is 64.8 Å². The minimum Gasteiger partial charge on any atom is -0.489 e. The number of carboxylic acid groups (broad SMARTS) is 1. The number of rotatable bonds is 15. The van der Waals surface area contributed by atoms with Crippen LogP contribution in [-0.4, -0.2) is 23.1 Å². The Morgan fingerprint density at radius 3 is 1.83 bits per heavy atom. The number of hydrogen-bond acceptors (Lipinski definition) is 5. The van der Waals surface area contributed by atoms with E-state index in [1.165, 1.54) is 0 Å². The molecule has 0 saturated heterocycles. The van der Waals surface area contributed by atoms with Gasteiger partial charge < -0.3 is 19.3 Å². The Balaban J connectivity index is 1.59. The minimum absolute atomic E-state index is 0.105. The van der Waals surface area contributed by atoms with Gasteiger partial charge in [-0.25, -0.2) is 0 Å². The quantitative estimate of drug-likeness (QED) is 0.197. The van der Waals surface area contributed by atoms with Crippen LogP contribution in [0.25, 0.3) is 0 Å². The topological polar surface area (TPSA) is 82.1 Å². The predicted octanol–water partition coefficient (Wildman–Crippen LogP) is 6.35. The zero-order chi connectivity index (χ0) is 25.6. The van der Waals surface area contributed by atoms with Crippen molar-refractivity contribution >= 4 is 11.9 Å². The van der Waals surface area contributed by atoms with E-state index in [1.807, 2.05) is 85.8 Å². The van der Waals surface area contributed by atoms with Gasteiger partial charge in [0.15, 0.2) is 0 Å². The Morgan fingerprint density at radius 2 is 1.31 bits per heavy atom. The molecule has 3 aromatic rings. The van der Waals surface area contributed by atoms with Crippen LogP contribution in [0, 0.1) is 0 Å². The highest BCUT2D eigenvalue weighted by molar-refractivity contribution is 5.73. The summed E-state index contributed by atoms with van der Waals surface area (Å²) in [5, 5.41) is 8.72. The standard InChI is InChI=1S/C30H34O6/c1-23(11-5-2-10-16-29(31)32)36-30(33)19-26-17-27(34-21-24-12-6-3-7-13-24)20-28(18-26)35-22-25-14-8-4-9-15-25/h3-4,6-9,12-15,17-18,20,23H,2,5,10-11,16,19,21-22H2,1H3,(H,31,32)/t23-/m0/s1. The first-order valence-electron chi connectivity index (χ1n) is 12.4. The molecule has 0 aliphatic rings. The summed E-state index contributed by atoms with van der Waals surface area (Å²) in [5.41, 5.74) is 2.85. The highest BCUT2D eigenvalue weighted by Gasteiger charge is 2.13. The number of esters is 1. The first-order chi connectivity index (χ1) is 17.5. The van der Waals surface area contributed by atoms with Crippen LogP contribution in [-0.2, 0) is 34.0 Å². The van der Waals surface area contributed by atoms with Crippen LogP contribution in [0.15, 0.2) is 78.9 Å². The molecular weight excluding hydrogens is 456 g/mol. The summed E-state index contributed by atoms with van der Waals surface area (Å²) in [6, 6.07) is 25.3. The molecule has 0 aliphatic heterocycles. The highest BCUT2D eigenvalue weighted by Crippen LogP contribution is 2.25. The molecule has 0 aliphatic carbocycles. The number of hydrogen-bond donors (Lipinski definition) is 1. The van der Waals surface area contributed by atoms with Crippen molar-refractivity contribution in [3.05, 3.63) is 95.6 Å². The number of carboxylic acids is 1. The largest absolute Gasteiger partial charge is 0.489 e. The normalized spacial score (nSPS) is 11.5. The number of aliphatic carboxylic acids is 1. The summed E-state index contributed by atoms with van der Waals surface area (Å²) < 4.78 is 17.6. The molecule has 0 radical (unpaired) electrons. The van der Waals surface area contributed by atoms with Crippen molar-refractivity contribution < 1.29 is 28.9 Å². The van der Waals surface area contributed by atoms with Gasteiger partial charge in [0.25, 0.3) is 0 Å². The maximum absolute atomic E-state index is 12.6. The van der Waals surface area contributed by atoms with Gasteiger partial charge in [0.1, 0.15) is 24.7 Å². The van der Waals surface area contributed by atoms with E-state index in [-0.39, 0.29) is 24.9 Å². The van der Waals surface area contributed by atoms with E-state index in [2.05, 4.69) is 0 Å². The number of carbonyl (C=O) groups excluding carboxylic acids is 1. The van der Waals surface area contributed by atoms with E-state index in [0.717, 1.165) is 29.5 Å². The third kappa shape index (κ3) is 10.2. The van der Waals surface area contributed by atoms with Crippen molar-refractivity contribution in [3.8, 4) is 11.5 Å². The summed E-state index contributed by atoms with van der Waals surface area (Å²) in [4.78, 5) is 23.2. The summed E-state index contributed by atoms with van der Waals surface area (Å²) in [6.07, 6.45) is 3.01. The average Bonchev–Trinajstić information content (AvgIpc) is 2.87. The predicted molar refractivity (Wildman–Crippen MR) is 138 cm³/mol. The Morgan fingerprint density at radius 1 is 0.750 bits per heavy atom. The highest BCUT2D eigenvalue weighted by atomic mass is 16.5. The van der Waals surface area contributed by atoms with Crippen LogP contribution in [0.5, 0.6) is 11.5 Å². The Bertz CT molecular complexity index is 1020. The summed E-state index contributed by atoms with van der Waals surface area (Å²) in [7, 11) is 0. The minimum atomic E-state index is -0.781. The molecule has 1 atom stereocenters. The van der Waals surface area contributed by atoms with Gasteiger partial charge in [-0.2, -0.15) is 0 Å². The van der Waals surface area contributed by atoms with Crippen LogP contribution < -0.4 is 9.47 Å².